The van der Waals surface area contributed by atoms with Crippen LogP contribution in [0.4, 0.5) is 15.8 Å². The van der Waals surface area contributed by atoms with Gasteiger partial charge in [-0.15, -0.1) is 0 Å². The summed E-state index contributed by atoms with van der Waals surface area (Å²) >= 11 is 5.71. The zero-order valence-corrected chi connectivity index (χ0v) is 14.8. The van der Waals surface area contributed by atoms with E-state index >= 15 is 0 Å². The molecule has 3 rings (SSSR count). The molecule has 1 heterocycles. The van der Waals surface area contributed by atoms with E-state index in [1.165, 1.54) is 29.3 Å². The Bertz CT molecular complexity index is 929. The van der Waals surface area contributed by atoms with Crippen LogP contribution in [-0.4, -0.2) is 10.9 Å². The first-order chi connectivity index (χ1) is 12.5. The van der Waals surface area contributed by atoms with Crippen molar-refractivity contribution < 1.29 is 9.18 Å². The molecule has 0 fully saturated rings. The van der Waals surface area contributed by atoms with Crippen LogP contribution in [0.15, 0.2) is 60.8 Å². The van der Waals surface area contributed by atoms with Crippen molar-refractivity contribution in [2.24, 2.45) is 0 Å². The third-order valence-electron chi connectivity index (χ3n) is 3.92. The van der Waals surface area contributed by atoms with Crippen molar-refractivity contribution in [2.75, 3.05) is 10.6 Å². The van der Waals surface area contributed by atoms with E-state index in [-0.39, 0.29) is 10.7 Å². The van der Waals surface area contributed by atoms with Crippen LogP contribution in [0.25, 0.3) is 0 Å². The average molecular weight is 370 g/mol. The van der Waals surface area contributed by atoms with E-state index in [2.05, 4.69) is 34.7 Å². The standard InChI is InChI=1S/C20H17ClFN3O/c1-13-4-2-3-5-14(13)11-23-16-7-9-19(24-12-16)20(26)25-15-6-8-18(22)17(21)10-15/h2-10,12,23H,11H2,1H3,(H,25,26). The molecule has 0 aliphatic rings. The molecular formula is C20H17ClFN3O. The minimum absolute atomic E-state index is 0.0495. The number of anilines is 2. The Morgan fingerprint density at radius 1 is 1.12 bits per heavy atom. The molecule has 0 saturated heterocycles. The molecular weight excluding hydrogens is 353 g/mol. The molecule has 6 heteroatoms. The Hall–Kier alpha value is -2.92. The number of nitrogens with zero attached hydrogens (tertiary/aromatic N) is 1. The number of carbonyl (C=O) groups is 1. The Morgan fingerprint density at radius 2 is 1.88 bits per heavy atom. The summed E-state index contributed by atoms with van der Waals surface area (Å²) in [6.45, 7) is 2.73. The SMILES string of the molecule is Cc1ccccc1CNc1ccc(C(=O)Nc2ccc(F)c(Cl)c2)nc1. The molecule has 26 heavy (non-hydrogen) atoms. The van der Waals surface area contributed by atoms with E-state index < -0.39 is 11.7 Å². The Morgan fingerprint density at radius 3 is 2.58 bits per heavy atom. The molecule has 0 unspecified atom stereocenters. The highest BCUT2D eigenvalue weighted by molar-refractivity contribution is 6.31. The molecule has 2 N–H and O–H groups in total. The van der Waals surface area contributed by atoms with Crippen molar-refractivity contribution in [3.05, 3.63) is 88.5 Å². The van der Waals surface area contributed by atoms with Gasteiger partial charge in [-0.05, 0) is 48.4 Å². The molecule has 1 aromatic heterocycles. The molecule has 2 aromatic carbocycles. The summed E-state index contributed by atoms with van der Waals surface area (Å²) < 4.78 is 13.2. The van der Waals surface area contributed by atoms with E-state index in [4.69, 9.17) is 11.6 Å². The summed E-state index contributed by atoms with van der Waals surface area (Å²) in [6.07, 6.45) is 1.60. The van der Waals surface area contributed by atoms with Crippen LogP contribution in [-0.2, 0) is 6.54 Å². The number of halogens is 2. The molecule has 0 spiro atoms. The predicted molar refractivity (Wildman–Crippen MR) is 102 cm³/mol. The van der Waals surface area contributed by atoms with Crippen LogP contribution in [0.2, 0.25) is 5.02 Å². The second-order valence-corrected chi connectivity index (χ2v) is 6.20. The van der Waals surface area contributed by atoms with E-state index in [1.807, 2.05) is 12.1 Å². The van der Waals surface area contributed by atoms with Crippen molar-refractivity contribution in [3.63, 3.8) is 0 Å². The Balaban J connectivity index is 1.62. The van der Waals surface area contributed by atoms with Crippen LogP contribution in [0.3, 0.4) is 0 Å². The van der Waals surface area contributed by atoms with Crippen molar-refractivity contribution in [3.8, 4) is 0 Å². The highest BCUT2D eigenvalue weighted by atomic mass is 35.5. The third kappa shape index (κ3) is 4.37. The van der Waals surface area contributed by atoms with Crippen LogP contribution in [0.5, 0.6) is 0 Å². The average Bonchev–Trinajstić information content (AvgIpc) is 2.64. The van der Waals surface area contributed by atoms with Crippen LogP contribution in [0.1, 0.15) is 21.6 Å². The number of hydrogen-bond acceptors (Lipinski definition) is 3. The molecule has 0 aliphatic heterocycles. The van der Waals surface area contributed by atoms with Crippen LogP contribution >= 0.6 is 11.6 Å². The number of benzene rings is 2. The molecule has 0 saturated carbocycles. The van der Waals surface area contributed by atoms with Crippen molar-refractivity contribution in [1.29, 1.82) is 0 Å². The molecule has 132 valence electrons. The predicted octanol–water partition coefficient (Wildman–Crippen LogP) is 5.05. The second-order valence-electron chi connectivity index (χ2n) is 5.80. The summed E-state index contributed by atoms with van der Waals surface area (Å²) in [5, 5.41) is 5.87. The van der Waals surface area contributed by atoms with Gasteiger partial charge >= 0.3 is 0 Å². The van der Waals surface area contributed by atoms with Crippen molar-refractivity contribution in [2.45, 2.75) is 13.5 Å². The maximum absolute atomic E-state index is 13.2. The number of aryl methyl sites for hydroxylation is 1. The van der Waals surface area contributed by atoms with Gasteiger partial charge in [0.2, 0.25) is 0 Å². The molecule has 3 aromatic rings. The van der Waals surface area contributed by atoms with Gasteiger partial charge in [0.1, 0.15) is 11.5 Å². The number of pyridine rings is 1. The fourth-order valence-electron chi connectivity index (χ4n) is 2.41. The summed E-state index contributed by atoms with van der Waals surface area (Å²) in [7, 11) is 0. The minimum atomic E-state index is -0.535. The summed E-state index contributed by atoms with van der Waals surface area (Å²) in [5.74, 6) is -0.926. The first-order valence-electron chi connectivity index (χ1n) is 8.04. The lowest BCUT2D eigenvalue weighted by Crippen LogP contribution is -2.13. The maximum Gasteiger partial charge on any atom is 0.274 e. The summed E-state index contributed by atoms with van der Waals surface area (Å²) in [6, 6.07) is 15.5. The van der Waals surface area contributed by atoms with Gasteiger partial charge in [0, 0.05) is 12.2 Å². The normalized spacial score (nSPS) is 10.4. The molecule has 0 atom stereocenters. The highest BCUT2D eigenvalue weighted by Crippen LogP contribution is 2.20. The lowest BCUT2D eigenvalue weighted by molar-refractivity contribution is 0.102. The number of carbonyl (C=O) groups excluding carboxylic acids is 1. The Labute approximate surface area is 156 Å². The topological polar surface area (TPSA) is 54.0 Å². The fraction of sp³-hybridized carbons (Fsp3) is 0.100. The van der Waals surface area contributed by atoms with E-state index in [0.717, 1.165) is 5.69 Å². The molecule has 1 amide bonds. The Kier molecular flexibility index (Phi) is 5.49. The lowest BCUT2D eigenvalue weighted by atomic mass is 10.1. The quantitative estimate of drug-likeness (QED) is 0.662. The molecule has 4 nitrogen and oxygen atoms in total. The summed E-state index contributed by atoms with van der Waals surface area (Å²) in [5.41, 5.74) is 3.89. The van der Waals surface area contributed by atoms with Crippen molar-refractivity contribution in [1.82, 2.24) is 4.98 Å². The second kappa shape index (κ2) is 7.97. The number of amides is 1. The number of aromatic nitrogens is 1. The number of hydrogen-bond donors (Lipinski definition) is 2. The third-order valence-corrected chi connectivity index (χ3v) is 4.21. The lowest BCUT2D eigenvalue weighted by Gasteiger charge is -2.09. The van der Waals surface area contributed by atoms with Gasteiger partial charge in [-0.25, -0.2) is 9.37 Å². The first-order valence-corrected chi connectivity index (χ1v) is 8.41. The zero-order chi connectivity index (χ0) is 18.5. The fourth-order valence-corrected chi connectivity index (χ4v) is 2.59. The minimum Gasteiger partial charge on any atom is -0.380 e. The first kappa shape index (κ1) is 17.9. The smallest absolute Gasteiger partial charge is 0.274 e. The molecule has 0 bridgehead atoms. The van der Waals surface area contributed by atoms with Gasteiger partial charge in [0.15, 0.2) is 0 Å². The van der Waals surface area contributed by atoms with Gasteiger partial charge in [-0.3, -0.25) is 4.79 Å². The van der Waals surface area contributed by atoms with Gasteiger partial charge in [0.25, 0.3) is 5.91 Å². The highest BCUT2D eigenvalue weighted by Gasteiger charge is 2.09. The van der Waals surface area contributed by atoms with Crippen LogP contribution in [0, 0.1) is 12.7 Å². The number of rotatable bonds is 5. The van der Waals surface area contributed by atoms with Gasteiger partial charge < -0.3 is 10.6 Å². The number of nitrogens with one attached hydrogen (secondary N) is 2. The maximum atomic E-state index is 13.2. The van der Waals surface area contributed by atoms with E-state index in [1.54, 1.807) is 18.3 Å². The molecule has 0 radical (unpaired) electrons. The van der Waals surface area contributed by atoms with Crippen molar-refractivity contribution >= 4 is 28.9 Å². The largest absolute Gasteiger partial charge is 0.380 e. The van der Waals surface area contributed by atoms with Gasteiger partial charge in [-0.1, -0.05) is 35.9 Å². The van der Waals surface area contributed by atoms with E-state index in [0.29, 0.717) is 12.2 Å². The van der Waals surface area contributed by atoms with Gasteiger partial charge in [0.05, 0.1) is 16.9 Å². The van der Waals surface area contributed by atoms with Gasteiger partial charge in [-0.2, -0.15) is 0 Å². The zero-order valence-electron chi connectivity index (χ0n) is 14.1. The van der Waals surface area contributed by atoms with E-state index in [9.17, 15) is 9.18 Å². The summed E-state index contributed by atoms with van der Waals surface area (Å²) in [4.78, 5) is 16.4. The molecule has 0 aliphatic carbocycles. The monoisotopic (exact) mass is 369 g/mol. The van der Waals surface area contributed by atoms with Crippen LogP contribution < -0.4 is 10.6 Å².